The van der Waals surface area contributed by atoms with Crippen LogP contribution < -0.4 is 10.2 Å². The van der Waals surface area contributed by atoms with Gasteiger partial charge in [0.2, 0.25) is 5.13 Å². The second-order valence-corrected chi connectivity index (χ2v) is 7.83. The van der Waals surface area contributed by atoms with E-state index in [2.05, 4.69) is 36.4 Å². The summed E-state index contributed by atoms with van der Waals surface area (Å²) in [5.74, 6) is 0. The van der Waals surface area contributed by atoms with Crippen LogP contribution in [0.4, 0.5) is 10.8 Å². The molecule has 2 atom stereocenters. The Labute approximate surface area is 145 Å². The third-order valence-corrected chi connectivity index (χ3v) is 5.64. The molecule has 2 aromatic rings. The number of quaternary nitrogens is 1. The second-order valence-electron chi connectivity index (χ2n) is 6.20. The van der Waals surface area contributed by atoms with E-state index in [1.54, 1.807) is 0 Å². The molecule has 124 valence electrons. The number of rotatable bonds is 4. The molecule has 0 aliphatic carbocycles. The summed E-state index contributed by atoms with van der Waals surface area (Å²) < 4.78 is 2.64. The van der Waals surface area contributed by atoms with E-state index >= 15 is 0 Å². The Hall–Kier alpha value is -1.28. The van der Waals surface area contributed by atoms with Gasteiger partial charge in [0.05, 0.1) is 6.54 Å². The molecule has 23 heavy (non-hydrogen) atoms. The summed E-state index contributed by atoms with van der Waals surface area (Å²) in [5.41, 5.74) is 3.55. The molecule has 1 aliphatic rings. The van der Waals surface area contributed by atoms with Crippen molar-refractivity contribution in [3.8, 4) is 0 Å². The van der Waals surface area contributed by atoms with E-state index in [4.69, 9.17) is 12.2 Å². The highest BCUT2D eigenvalue weighted by Gasteiger charge is 2.22. The van der Waals surface area contributed by atoms with E-state index in [9.17, 15) is 5.11 Å². The van der Waals surface area contributed by atoms with Crippen LogP contribution in [-0.2, 0) is 6.67 Å². The Balaban J connectivity index is 1.73. The van der Waals surface area contributed by atoms with Crippen molar-refractivity contribution < 1.29 is 10.0 Å². The molecule has 2 heterocycles. The molecule has 1 fully saturated rings. The molecule has 1 aliphatic heterocycles. The van der Waals surface area contributed by atoms with Gasteiger partial charge in [-0.25, -0.2) is 0 Å². The summed E-state index contributed by atoms with van der Waals surface area (Å²) >= 11 is 6.94. The minimum Gasteiger partial charge on any atom is -0.387 e. The number of nitrogens with zero attached hydrogens (tertiary/aromatic N) is 2. The average Bonchev–Trinajstić information content (AvgIpc) is 2.84. The highest BCUT2D eigenvalue weighted by atomic mass is 32.1. The van der Waals surface area contributed by atoms with Gasteiger partial charge in [0, 0.05) is 5.69 Å². The minimum absolute atomic E-state index is 0.195. The van der Waals surface area contributed by atoms with Crippen molar-refractivity contribution in [3.63, 3.8) is 0 Å². The normalized spacial score (nSPS) is 21.3. The van der Waals surface area contributed by atoms with E-state index in [0.717, 1.165) is 47.4 Å². The Bertz CT molecular complexity index is 740. The maximum absolute atomic E-state index is 9.80. The second kappa shape index (κ2) is 7.09. The van der Waals surface area contributed by atoms with Gasteiger partial charge in [-0.3, -0.25) is 0 Å². The molecule has 1 aromatic carbocycles. The molecule has 7 heteroatoms. The zero-order valence-electron chi connectivity index (χ0n) is 13.5. The lowest BCUT2D eigenvalue weighted by Crippen LogP contribution is -3.13. The van der Waals surface area contributed by atoms with E-state index in [1.165, 1.54) is 27.4 Å². The first-order valence-corrected chi connectivity index (χ1v) is 9.18. The van der Waals surface area contributed by atoms with Crippen LogP contribution in [0.2, 0.25) is 0 Å². The number of hydrogen-bond acceptors (Lipinski definition) is 5. The summed E-state index contributed by atoms with van der Waals surface area (Å²) in [6, 6.07) is 6.20. The van der Waals surface area contributed by atoms with Crippen molar-refractivity contribution in [2.24, 2.45) is 0 Å². The number of likely N-dealkylation sites (tertiary alicyclic amines) is 1. The van der Waals surface area contributed by atoms with Crippen molar-refractivity contribution in [1.82, 2.24) is 9.78 Å². The van der Waals surface area contributed by atoms with E-state index < -0.39 is 0 Å². The molecule has 3 N–H and O–H groups in total. The Kier molecular flexibility index (Phi) is 5.11. The smallest absolute Gasteiger partial charge is 0.209 e. The number of anilines is 2. The van der Waals surface area contributed by atoms with Crippen LogP contribution in [-0.4, -0.2) is 34.1 Å². The first-order chi connectivity index (χ1) is 11.0. The van der Waals surface area contributed by atoms with Crippen molar-refractivity contribution in [3.05, 3.63) is 33.3 Å². The standard InChI is InChI=1S/C16H22N4OS2/c1-11-5-3-7-14(12(11)2)17-15-18-20(16(22)23-15)10-19-8-4-6-13(21)9-19/h3,5,7,13,21H,4,6,8-10H2,1-2H3,(H,17,18)/p+1/t13-/m0/s1. The molecule has 1 aromatic heterocycles. The number of piperidine rings is 1. The van der Waals surface area contributed by atoms with Crippen LogP contribution in [0.3, 0.4) is 0 Å². The van der Waals surface area contributed by atoms with Gasteiger partial charge < -0.3 is 15.3 Å². The third-order valence-electron chi connectivity index (χ3n) is 4.42. The molecule has 0 spiro atoms. The molecule has 1 saturated heterocycles. The molecule has 0 amide bonds. The van der Waals surface area contributed by atoms with Crippen LogP contribution in [0.15, 0.2) is 18.2 Å². The van der Waals surface area contributed by atoms with Gasteiger partial charge in [0.15, 0.2) is 10.6 Å². The SMILES string of the molecule is Cc1cccc(Nc2nn(C[NH+]3CCC[C@H](O)C3)c(=S)s2)c1C. The Morgan fingerprint density at radius 2 is 2.30 bits per heavy atom. The molecule has 3 rings (SSSR count). The molecule has 0 saturated carbocycles. The largest absolute Gasteiger partial charge is 0.387 e. The first-order valence-electron chi connectivity index (χ1n) is 7.96. The fourth-order valence-corrected chi connectivity index (χ4v) is 3.96. The fourth-order valence-electron chi connectivity index (χ4n) is 2.94. The topological polar surface area (TPSA) is 54.5 Å². The number of nitrogens with one attached hydrogen (secondary N) is 2. The summed E-state index contributed by atoms with van der Waals surface area (Å²) in [7, 11) is 0. The van der Waals surface area contributed by atoms with Crippen LogP contribution in [0, 0.1) is 17.8 Å². The van der Waals surface area contributed by atoms with Crippen molar-refractivity contribution >= 4 is 34.4 Å². The molecule has 0 radical (unpaired) electrons. The highest BCUT2D eigenvalue weighted by Crippen LogP contribution is 2.24. The summed E-state index contributed by atoms with van der Waals surface area (Å²) in [5, 5.41) is 18.6. The highest BCUT2D eigenvalue weighted by molar-refractivity contribution is 7.73. The minimum atomic E-state index is -0.195. The van der Waals surface area contributed by atoms with Gasteiger partial charge in [0.1, 0.15) is 12.6 Å². The monoisotopic (exact) mass is 351 g/mol. The zero-order chi connectivity index (χ0) is 16.4. The summed E-state index contributed by atoms with van der Waals surface area (Å²) in [4.78, 5) is 1.34. The number of hydrogen-bond donors (Lipinski definition) is 3. The lowest BCUT2D eigenvalue weighted by Gasteiger charge is -2.26. The Morgan fingerprint density at radius 1 is 1.48 bits per heavy atom. The van der Waals surface area contributed by atoms with Gasteiger partial charge in [-0.05, 0) is 56.1 Å². The van der Waals surface area contributed by atoms with Gasteiger partial charge in [0.25, 0.3) is 0 Å². The van der Waals surface area contributed by atoms with E-state index in [-0.39, 0.29) is 6.10 Å². The van der Waals surface area contributed by atoms with Crippen molar-refractivity contribution in [2.45, 2.75) is 39.5 Å². The maximum atomic E-state index is 9.80. The van der Waals surface area contributed by atoms with Gasteiger partial charge >= 0.3 is 0 Å². The maximum Gasteiger partial charge on any atom is 0.209 e. The lowest BCUT2D eigenvalue weighted by atomic mass is 10.1. The predicted molar refractivity (Wildman–Crippen MR) is 96.1 cm³/mol. The number of benzene rings is 1. The number of aliphatic hydroxyl groups is 1. The first kappa shape index (κ1) is 16.6. The third kappa shape index (κ3) is 3.98. The molecule has 1 unspecified atom stereocenters. The van der Waals surface area contributed by atoms with Gasteiger partial charge in [-0.2, -0.15) is 4.68 Å². The molecule has 0 bridgehead atoms. The lowest BCUT2D eigenvalue weighted by molar-refractivity contribution is -0.931. The predicted octanol–water partition coefficient (Wildman–Crippen LogP) is 2.03. The quantitative estimate of drug-likeness (QED) is 0.738. The molecule has 5 nitrogen and oxygen atoms in total. The summed E-state index contributed by atoms with van der Waals surface area (Å²) in [6.07, 6.45) is 1.77. The van der Waals surface area contributed by atoms with Crippen LogP contribution >= 0.6 is 23.6 Å². The van der Waals surface area contributed by atoms with Crippen molar-refractivity contribution in [1.29, 1.82) is 0 Å². The van der Waals surface area contributed by atoms with Crippen LogP contribution in [0.25, 0.3) is 0 Å². The molecular formula is C16H23N4OS2+. The van der Waals surface area contributed by atoms with Gasteiger partial charge in [-0.15, -0.1) is 5.10 Å². The van der Waals surface area contributed by atoms with Crippen LogP contribution in [0.1, 0.15) is 24.0 Å². The molecular weight excluding hydrogens is 328 g/mol. The number of aromatic nitrogens is 2. The summed E-state index contributed by atoms with van der Waals surface area (Å²) in [6.45, 7) is 6.77. The fraction of sp³-hybridized carbons (Fsp3) is 0.500. The Morgan fingerprint density at radius 3 is 3.09 bits per heavy atom. The van der Waals surface area contributed by atoms with Gasteiger partial charge in [-0.1, -0.05) is 23.5 Å². The van der Waals surface area contributed by atoms with Crippen molar-refractivity contribution in [2.75, 3.05) is 18.4 Å². The average molecular weight is 352 g/mol. The zero-order valence-corrected chi connectivity index (χ0v) is 15.1. The van der Waals surface area contributed by atoms with Crippen LogP contribution in [0.5, 0.6) is 0 Å². The van der Waals surface area contributed by atoms with E-state index in [0.29, 0.717) is 0 Å². The van der Waals surface area contributed by atoms with E-state index in [1.807, 2.05) is 10.7 Å². The number of aryl methyl sites for hydroxylation is 1. The number of aliphatic hydroxyl groups excluding tert-OH is 1.